The second kappa shape index (κ2) is 3.12. The number of benzene rings is 1. The molecule has 0 aliphatic heterocycles. The Labute approximate surface area is 87.1 Å². The zero-order chi connectivity index (χ0) is 11.2. The number of anilines is 1. The van der Waals surface area contributed by atoms with Crippen LogP contribution in [0.25, 0.3) is 11.0 Å². The summed E-state index contributed by atoms with van der Waals surface area (Å²) in [4.78, 5) is 4.10. The first-order valence-corrected chi connectivity index (χ1v) is 4.62. The molecule has 0 aliphatic rings. The maximum absolute atomic E-state index is 13.3. The molecule has 80 valence electrons. The van der Waals surface area contributed by atoms with E-state index in [2.05, 4.69) is 4.98 Å². The molecule has 0 bridgehead atoms. The Morgan fingerprint density at radius 3 is 2.67 bits per heavy atom. The van der Waals surface area contributed by atoms with Crippen molar-refractivity contribution in [1.82, 2.24) is 9.66 Å². The van der Waals surface area contributed by atoms with Crippen molar-refractivity contribution in [2.24, 2.45) is 0 Å². The van der Waals surface area contributed by atoms with Crippen LogP contribution in [0.1, 0.15) is 5.56 Å². The molecule has 0 saturated carbocycles. The lowest BCUT2D eigenvalue weighted by Crippen LogP contribution is -2.26. The standard InChI is InChI=1S/C10H13FN4/c1-6-4-9-8(5-7(6)11)13-10(12)15(9)14(2)3/h4-5H,1-3H3,(H2,12,13). The fourth-order valence-electron chi connectivity index (χ4n) is 1.63. The lowest BCUT2D eigenvalue weighted by atomic mass is 10.2. The number of hydrogen-bond donors (Lipinski definition) is 1. The van der Waals surface area contributed by atoms with Crippen molar-refractivity contribution in [2.75, 3.05) is 24.8 Å². The molecule has 0 atom stereocenters. The third-order valence-corrected chi connectivity index (χ3v) is 2.34. The van der Waals surface area contributed by atoms with E-state index in [4.69, 9.17) is 5.73 Å². The number of rotatable bonds is 1. The van der Waals surface area contributed by atoms with Gasteiger partial charge in [0.05, 0.1) is 11.0 Å². The molecule has 2 N–H and O–H groups in total. The van der Waals surface area contributed by atoms with E-state index in [9.17, 15) is 4.39 Å². The number of nitrogen functional groups attached to an aromatic ring is 1. The predicted octanol–water partition coefficient (Wildman–Crippen LogP) is 1.26. The van der Waals surface area contributed by atoms with Gasteiger partial charge in [-0.1, -0.05) is 0 Å². The van der Waals surface area contributed by atoms with Gasteiger partial charge in [0, 0.05) is 20.2 Å². The van der Waals surface area contributed by atoms with E-state index in [1.807, 2.05) is 19.1 Å². The molecule has 0 saturated heterocycles. The number of nitrogens with zero attached hydrogens (tertiary/aromatic N) is 3. The molecule has 5 heteroatoms. The van der Waals surface area contributed by atoms with Gasteiger partial charge in [-0.2, -0.15) is 0 Å². The Bertz CT molecular complexity index is 516. The lowest BCUT2D eigenvalue weighted by molar-refractivity contribution is 0.620. The van der Waals surface area contributed by atoms with E-state index in [0.717, 1.165) is 5.52 Å². The van der Waals surface area contributed by atoms with Gasteiger partial charge in [-0.3, -0.25) is 0 Å². The minimum absolute atomic E-state index is 0.258. The molecule has 0 fully saturated rings. The number of aromatic nitrogens is 2. The van der Waals surface area contributed by atoms with E-state index in [-0.39, 0.29) is 5.82 Å². The van der Waals surface area contributed by atoms with Crippen molar-refractivity contribution in [1.29, 1.82) is 0 Å². The molecular weight excluding hydrogens is 195 g/mol. The van der Waals surface area contributed by atoms with Crippen molar-refractivity contribution in [2.45, 2.75) is 6.92 Å². The van der Waals surface area contributed by atoms with E-state index in [1.54, 1.807) is 17.7 Å². The van der Waals surface area contributed by atoms with Gasteiger partial charge in [-0.05, 0) is 18.6 Å². The van der Waals surface area contributed by atoms with Gasteiger partial charge in [0.1, 0.15) is 5.82 Å². The van der Waals surface area contributed by atoms with Crippen LogP contribution in [0.15, 0.2) is 12.1 Å². The largest absolute Gasteiger partial charge is 0.368 e. The van der Waals surface area contributed by atoms with Crippen LogP contribution in [-0.2, 0) is 0 Å². The zero-order valence-corrected chi connectivity index (χ0v) is 8.95. The highest BCUT2D eigenvalue weighted by Crippen LogP contribution is 2.20. The van der Waals surface area contributed by atoms with Gasteiger partial charge >= 0.3 is 0 Å². The van der Waals surface area contributed by atoms with E-state index < -0.39 is 0 Å². The van der Waals surface area contributed by atoms with E-state index in [1.165, 1.54) is 6.07 Å². The summed E-state index contributed by atoms with van der Waals surface area (Å²) in [7, 11) is 3.71. The van der Waals surface area contributed by atoms with Gasteiger partial charge in [0.15, 0.2) is 0 Å². The number of nitrogens with two attached hydrogens (primary N) is 1. The predicted molar refractivity (Wildman–Crippen MR) is 58.9 cm³/mol. The first kappa shape index (κ1) is 9.76. The minimum Gasteiger partial charge on any atom is -0.368 e. The van der Waals surface area contributed by atoms with Crippen LogP contribution in [0, 0.1) is 12.7 Å². The van der Waals surface area contributed by atoms with Crippen molar-refractivity contribution in [3.63, 3.8) is 0 Å². The van der Waals surface area contributed by atoms with Crippen molar-refractivity contribution in [3.8, 4) is 0 Å². The zero-order valence-electron chi connectivity index (χ0n) is 8.95. The van der Waals surface area contributed by atoms with Crippen molar-refractivity contribution >= 4 is 17.0 Å². The summed E-state index contributed by atoms with van der Waals surface area (Å²) < 4.78 is 15.0. The Morgan fingerprint density at radius 2 is 2.07 bits per heavy atom. The molecule has 0 aliphatic carbocycles. The number of imidazole rings is 1. The Balaban J connectivity index is 2.81. The molecule has 0 radical (unpaired) electrons. The van der Waals surface area contributed by atoms with Crippen molar-refractivity contribution < 1.29 is 4.39 Å². The Kier molecular flexibility index (Phi) is 2.03. The molecule has 0 spiro atoms. The highest BCUT2D eigenvalue weighted by molar-refractivity contribution is 5.79. The summed E-state index contributed by atoms with van der Waals surface area (Å²) in [5, 5.41) is 1.81. The van der Waals surface area contributed by atoms with Crippen molar-refractivity contribution in [3.05, 3.63) is 23.5 Å². The van der Waals surface area contributed by atoms with Gasteiger partial charge in [0.2, 0.25) is 5.95 Å². The monoisotopic (exact) mass is 208 g/mol. The van der Waals surface area contributed by atoms with Crippen LogP contribution in [0.2, 0.25) is 0 Å². The summed E-state index contributed by atoms with van der Waals surface area (Å²) in [6.45, 7) is 1.72. The maximum atomic E-state index is 13.3. The van der Waals surface area contributed by atoms with Gasteiger partial charge in [-0.15, -0.1) is 0 Å². The van der Waals surface area contributed by atoms with Crippen LogP contribution in [0.4, 0.5) is 10.3 Å². The highest BCUT2D eigenvalue weighted by Gasteiger charge is 2.11. The Hall–Kier alpha value is -1.78. The third kappa shape index (κ3) is 1.40. The van der Waals surface area contributed by atoms with Crippen LogP contribution in [-0.4, -0.2) is 23.8 Å². The summed E-state index contributed by atoms with van der Waals surface area (Å²) in [5.41, 5.74) is 7.72. The Morgan fingerprint density at radius 1 is 1.40 bits per heavy atom. The lowest BCUT2D eigenvalue weighted by Gasteiger charge is -2.16. The molecule has 15 heavy (non-hydrogen) atoms. The normalized spacial score (nSPS) is 10.9. The molecule has 4 nitrogen and oxygen atoms in total. The molecule has 0 amide bonds. The van der Waals surface area contributed by atoms with Crippen LogP contribution in [0.5, 0.6) is 0 Å². The number of aryl methyl sites for hydroxylation is 1. The van der Waals surface area contributed by atoms with Crippen LogP contribution < -0.4 is 10.7 Å². The SMILES string of the molecule is Cc1cc2c(cc1F)nc(N)n2N(C)C. The first-order valence-electron chi connectivity index (χ1n) is 4.62. The smallest absolute Gasteiger partial charge is 0.220 e. The highest BCUT2D eigenvalue weighted by atomic mass is 19.1. The summed E-state index contributed by atoms with van der Waals surface area (Å²) in [5.74, 6) is 0.103. The topological polar surface area (TPSA) is 47.1 Å². The quantitative estimate of drug-likeness (QED) is 0.767. The average molecular weight is 208 g/mol. The fourth-order valence-corrected chi connectivity index (χ4v) is 1.63. The fraction of sp³-hybridized carbons (Fsp3) is 0.300. The second-order valence-corrected chi connectivity index (χ2v) is 3.72. The number of fused-ring (bicyclic) bond motifs is 1. The van der Waals surface area contributed by atoms with Crippen LogP contribution >= 0.6 is 0 Å². The minimum atomic E-state index is -0.258. The maximum Gasteiger partial charge on any atom is 0.220 e. The average Bonchev–Trinajstić information content (AvgIpc) is 2.41. The number of hydrogen-bond acceptors (Lipinski definition) is 3. The summed E-state index contributed by atoms with van der Waals surface area (Å²) in [6.07, 6.45) is 0. The second-order valence-electron chi connectivity index (χ2n) is 3.72. The third-order valence-electron chi connectivity index (χ3n) is 2.34. The molecule has 2 aromatic rings. The summed E-state index contributed by atoms with van der Waals surface area (Å²) in [6, 6.07) is 3.15. The van der Waals surface area contributed by atoms with Gasteiger partial charge in [-0.25, -0.2) is 14.1 Å². The van der Waals surface area contributed by atoms with Crippen LogP contribution in [0.3, 0.4) is 0 Å². The number of halogens is 1. The molecule has 2 rings (SSSR count). The summed E-state index contributed by atoms with van der Waals surface area (Å²) >= 11 is 0. The molecule has 1 aromatic heterocycles. The van der Waals surface area contributed by atoms with Gasteiger partial charge in [0.25, 0.3) is 0 Å². The molecular formula is C10H13FN4. The molecule has 0 unspecified atom stereocenters. The van der Waals surface area contributed by atoms with Gasteiger partial charge < -0.3 is 10.7 Å². The van der Waals surface area contributed by atoms with E-state index in [0.29, 0.717) is 17.0 Å². The first-order chi connectivity index (χ1) is 7.00. The van der Waals surface area contributed by atoms with E-state index >= 15 is 0 Å². The molecule has 1 aromatic carbocycles. The molecule has 1 heterocycles.